The summed E-state index contributed by atoms with van der Waals surface area (Å²) in [6.45, 7) is 3.22. The van der Waals surface area contributed by atoms with Crippen molar-refractivity contribution in [1.82, 2.24) is 0 Å². The van der Waals surface area contributed by atoms with Gasteiger partial charge in [0.1, 0.15) is 5.75 Å². The van der Waals surface area contributed by atoms with E-state index in [4.69, 9.17) is 9.47 Å². The Bertz CT molecular complexity index is 518. The highest BCUT2D eigenvalue weighted by Crippen LogP contribution is 2.42. The molecule has 0 aliphatic carbocycles. The molecule has 1 rings (SSSR count). The van der Waals surface area contributed by atoms with Crippen LogP contribution in [0, 0.1) is 10.1 Å². The first-order valence-electron chi connectivity index (χ1n) is 6.05. The molecule has 9 heteroatoms. The summed E-state index contributed by atoms with van der Waals surface area (Å²) in [5, 5.41) is 20.2. The minimum atomic E-state index is -4.97. The van der Waals surface area contributed by atoms with E-state index in [0.717, 1.165) is 6.07 Å². The standard InChI is InChI=1S/C12H14F3NO5/c1-3-20-9-6-10(21-4-2)8(16(18)19)5-7(9)11(17)12(13,14)15/h5-6,11,17H,3-4H2,1-2H3. The lowest BCUT2D eigenvalue weighted by Crippen LogP contribution is -2.21. The van der Waals surface area contributed by atoms with Crippen molar-refractivity contribution in [2.45, 2.75) is 26.1 Å². The number of hydrogen-bond donors (Lipinski definition) is 1. The Kier molecular flexibility index (Phi) is 5.36. The zero-order valence-electron chi connectivity index (χ0n) is 11.3. The van der Waals surface area contributed by atoms with Crippen LogP contribution in [0.4, 0.5) is 18.9 Å². The third kappa shape index (κ3) is 3.97. The summed E-state index contributed by atoms with van der Waals surface area (Å²) >= 11 is 0. The number of halogens is 3. The topological polar surface area (TPSA) is 81.8 Å². The molecule has 0 aromatic heterocycles. The lowest BCUT2D eigenvalue weighted by atomic mass is 10.1. The molecular formula is C12H14F3NO5. The summed E-state index contributed by atoms with van der Waals surface area (Å²) in [7, 11) is 0. The van der Waals surface area contributed by atoms with Crippen LogP contribution in [0.3, 0.4) is 0 Å². The van der Waals surface area contributed by atoms with Crippen molar-refractivity contribution >= 4 is 5.69 Å². The largest absolute Gasteiger partial charge is 0.493 e. The molecule has 0 spiro atoms. The van der Waals surface area contributed by atoms with Gasteiger partial charge in [-0.05, 0) is 13.8 Å². The van der Waals surface area contributed by atoms with E-state index in [0.29, 0.717) is 6.07 Å². The average molecular weight is 309 g/mol. The second kappa shape index (κ2) is 6.61. The third-order valence-electron chi connectivity index (χ3n) is 2.49. The Hall–Kier alpha value is -2.03. The number of nitro groups is 1. The molecule has 1 aromatic rings. The second-order valence-electron chi connectivity index (χ2n) is 3.93. The molecule has 118 valence electrons. The first-order chi connectivity index (χ1) is 9.72. The van der Waals surface area contributed by atoms with E-state index < -0.39 is 28.5 Å². The quantitative estimate of drug-likeness (QED) is 0.645. The minimum Gasteiger partial charge on any atom is -0.493 e. The van der Waals surface area contributed by atoms with Gasteiger partial charge in [-0.15, -0.1) is 0 Å². The second-order valence-corrected chi connectivity index (χ2v) is 3.93. The highest BCUT2D eigenvalue weighted by atomic mass is 19.4. The van der Waals surface area contributed by atoms with Gasteiger partial charge in [0, 0.05) is 17.7 Å². The van der Waals surface area contributed by atoms with Gasteiger partial charge in [0.15, 0.2) is 6.10 Å². The normalized spacial score (nSPS) is 12.9. The fourth-order valence-electron chi connectivity index (χ4n) is 1.65. The Morgan fingerprint density at radius 3 is 2.19 bits per heavy atom. The monoisotopic (exact) mass is 309 g/mol. The fourth-order valence-corrected chi connectivity index (χ4v) is 1.65. The molecule has 1 atom stereocenters. The van der Waals surface area contributed by atoms with Gasteiger partial charge in [-0.25, -0.2) is 0 Å². The van der Waals surface area contributed by atoms with Gasteiger partial charge in [-0.2, -0.15) is 13.2 Å². The van der Waals surface area contributed by atoms with Gasteiger partial charge in [-0.3, -0.25) is 10.1 Å². The average Bonchev–Trinajstić information content (AvgIpc) is 2.37. The molecule has 0 radical (unpaired) electrons. The Morgan fingerprint density at radius 2 is 1.76 bits per heavy atom. The van der Waals surface area contributed by atoms with Gasteiger partial charge in [-0.1, -0.05) is 0 Å². The fraction of sp³-hybridized carbons (Fsp3) is 0.500. The summed E-state index contributed by atoms with van der Waals surface area (Å²) in [6, 6.07) is 1.60. The molecule has 0 aliphatic rings. The van der Waals surface area contributed by atoms with E-state index in [1.165, 1.54) is 6.92 Å². The smallest absolute Gasteiger partial charge is 0.418 e. The highest BCUT2D eigenvalue weighted by Gasteiger charge is 2.42. The molecule has 6 nitrogen and oxygen atoms in total. The molecule has 0 saturated heterocycles. The molecule has 1 unspecified atom stereocenters. The Labute approximate surface area is 118 Å². The zero-order valence-corrected chi connectivity index (χ0v) is 11.3. The van der Waals surface area contributed by atoms with Gasteiger partial charge in [0.2, 0.25) is 5.75 Å². The van der Waals surface area contributed by atoms with E-state index in [1.807, 2.05) is 0 Å². The van der Waals surface area contributed by atoms with Crippen LogP contribution in [0.5, 0.6) is 11.5 Å². The first-order valence-corrected chi connectivity index (χ1v) is 6.05. The Morgan fingerprint density at radius 1 is 1.24 bits per heavy atom. The number of nitrogens with zero attached hydrogens (tertiary/aromatic N) is 1. The number of rotatable bonds is 6. The lowest BCUT2D eigenvalue weighted by Gasteiger charge is -2.19. The summed E-state index contributed by atoms with van der Waals surface area (Å²) in [4.78, 5) is 10.0. The number of nitro benzene ring substituents is 1. The predicted octanol–water partition coefficient (Wildman–Crippen LogP) is 2.99. The molecule has 0 aliphatic heterocycles. The van der Waals surface area contributed by atoms with Crippen LogP contribution in [0.2, 0.25) is 0 Å². The number of hydrogen-bond acceptors (Lipinski definition) is 5. The van der Waals surface area contributed by atoms with Crippen molar-refractivity contribution in [3.63, 3.8) is 0 Å². The molecular weight excluding hydrogens is 295 g/mol. The predicted molar refractivity (Wildman–Crippen MR) is 66.4 cm³/mol. The molecule has 0 fully saturated rings. The number of aliphatic hydroxyl groups is 1. The summed E-state index contributed by atoms with van der Waals surface area (Å²) in [6.07, 6.45) is -7.85. The molecule has 0 heterocycles. The summed E-state index contributed by atoms with van der Waals surface area (Å²) < 4.78 is 47.9. The van der Waals surface area contributed by atoms with E-state index >= 15 is 0 Å². The van der Waals surface area contributed by atoms with E-state index in [-0.39, 0.29) is 24.7 Å². The molecule has 0 bridgehead atoms. The number of aliphatic hydroxyl groups excluding tert-OH is 1. The lowest BCUT2D eigenvalue weighted by molar-refractivity contribution is -0.386. The van der Waals surface area contributed by atoms with Crippen molar-refractivity contribution < 1.29 is 32.7 Å². The SMILES string of the molecule is CCOc1cc(OCC)c([N+](=O)[O-])cc1C(O)C(F)(F)F. The molecule has 1 aromatic carbocycles. The van der Waals surface area contributed by atoms with Crippen LogP contribution >= 0.6 is 0 Å². The van der Waals surface area contributed by atoms with E-state index in [2.05, 4.69) is 0 Å². The molecule has 1 N–H and O–H groups in total. The number of benzene rings is 1. The van der Waals surface area contributed by atoms with Crippen LogP contribution in [-0.4, -0.2) is 29.4 Å². The van der Waals surface area contributed by atoms with Crippen LogP contribution in [-0.2, 0) is 0 Å². The number of alkyl halides is 3. The van der Waals surface area contributed by atoms with E-state index in [1.54, 1.807) is 6.92 Å². The van der Waals surface area contributed by atoms with Crippen molar-refractivity contribution in [1.29, 1.82) is 0 Å². The minimum absolute atomic E-state index is 0.0287. The van der Waals surface area contributed by atoms with Crippen molar-refractivity contribution in [3.8, 4) is 11.5 Å². The molecule has 0 saturated carbocycles. The van der Waals surface area contributed by atoms with Crippen LogP contribution < -0.4 is 9.47 Å². The van der Waals surface area contributed by atoms with Gasteiger partial charge >= 0.3 is 11.9 Å². The van der Waals surface area contributed by atoms with Gasteiger partial charge in [0.05, 0.1) is 18.1 Å². The van der Waals surface area contributed by atoms with Crippen molar-refractivity contribution in [3.05, 3.63) is 27.8 Å². The Balaban J connectivity index is 3.46. The van der Waals surface area contributed by atoms with Gasteiger partial charge < -0.3 is 14.6 Å². The van der Waals surface area contributed by atoms with Gasteiger partial charge in [0.25, 0.3) is 0 Å². The summed E-state index contributed by atoms with van der Waals surface area (Å²) in [5.41, 5.74) is -1.39. The van der Waals surface area contributed by atoms with Crippen molar-refractivity contribution in [2.24, 2.45) is 0 Å². The highest BCUT2D eigenvalue weighted by molar-refractivity contribution is 5.56. The van der Waals surface area contributed by atoms with Crippen LogP contribution in [0.1, 0.15) is 25.5 Å². The van der Waals surface area contributed by atoms with Crippen molar-refractivity contribution in [2.75, 3.05) is 13.2 Å². The van der Waals surface area contributed by atoms with E-state index in [9.17, 15) is 28.4 Å². The zero-order chi connectivity index (χ0) is 16.2. The van der Waals surface area contributed by atoms with Crippen LogP contribution in [0.25, 0.3) is 0 Å². The summed E-state index contributed by atoms with van der Waals surface area (Å²) in [5.74, 6) is -0.527. The molecule has 21 heavy (non-hydrogen) atoms. The maximum atomic E-state index is 12.6. The molecule has 0 amide bonds. The third-order valence-corrected chi connectivity index (χ3v) is 2.49. The first kappa shape index (κ1) is 17.0. The maximum absolute atomic E-state index is 12.6. The van der Waals surface area contributed by atoms with Crippen LogP contribution in [0.15, 0.2) is 12.1 Å². The number of ether oxygens (including phenoxy) is 2. The maximum Gasteiger partial charge on any atom is 0.418 e.